The van der Waals surface area contributed by atoms with Gasteiger partial charge in [-0.2, -0.15) is 0 Å². The van der Waals surface area contributed by atoms with Crippen LogP contribution >= 0.6 is 0 Å². The number of hydrogen-bond acceptors (Lipinski definition) is 9. The first kappa shape index (κ1) is 21.3. The van der Waals surface area contributed by atoms with E-state index in [-0.39, 0.29) is 6.61 Å². The molecule has 0 bridgehead atoms. The van der Waals surface area contributed by atoms with Crippen LogP contribution in [0.15, 0.2) is 0 Å². The summed E-state index contributed by atoms with van der Waals surface area (Å²) >= 11 is 0. The predicted molar refractivity (Wildman–Crippen MR) is 83.3 cm³/mol. The summed E-state index contributed by atoms with van der Waals surface area (Å²) in [6.45, 7) is 5.70. The molecule has 1 aliphatic rings. The Labute approximate surface area is 146 Å². The first-order valence-electron chi connectivity index (χ1n) is 8.19. The van der Waals surface area contributed by atoms with Gasteiger partial charge in [-0.15, -0.1) is 0 Å². The van der Waals surface area contributed by atoms with E-state index in [4.69, 9.17) is 23.7 Å². The summed E-state index contributed by atoms with van der Waals surface area (Å²) in [6, 6.07) is 0. The summed E-state index contributed by atoms with van der Waals surface area (Å²) in [6.07, 6.45) is -4.04. The molecular formula is C16H26O9. The molecule has 0 radical (unpaired) electrons. The number of aliphatic hydroxyl groups excluding tert-OH is 1. The van der Waals surface area contributed by atoms with Crippen LogP contribution in [-0.4, -0.2) is 66.9 Å². The molecule has 144 valence electrons. The van der Waals surface area contributed by atoms with Gasteiger partial charge in [0.2, 0.25) is 0 Å². The highest BCUT2D eigenvalue weighted by Crippen LogP contribution is 2.28. The lowest BCUT2D eigenvalue weighted by molar-refractivity contribution is -0.300. The molecule has 0 spiro atoms. The van der Waals surface area contributed by atoms with Crippen molar-refractivity contribution in [2.45, 2.75) is 71.2 Å². The zero-order chi connectivity index (χ0) is 19.0. The minimum atomic E-state index is -1.56. The summed E-state index contributed by atoms with van der Waals surface area (Å²) < 4.78 is 26.4. The van der Waals surface area contributed by atoms with Crippen molar-refractivity contribution in [1.29, 1.82) is 0 Å². The number of ether oxygens (including phenoxy) is 5. The molecule has 0 amide bonds. The van der Waals surface area contributed by atoms with Crippen molar-refractivity contribution in [3.63, 3.8) is 0 Å². The second kappa shape index (κ2) is 10.3. The first-order valence-corrected chi connectivity index (χ1v) is 8.19. The van der Waals surface area contributed by atoms with Crippen LogP contribution in [0, 0.1) is 0 Å². The summed E-state index contributed by atoms with van der Waals surface area (Å²) in [5.41, 5.74) is 0. The van der Waals surface area contributed by atoms with Crippen LogP contribution < -0.4 is 0 Å². The molecule has 25 heavy (non-hydrogen) atoms. The summed E-state index contributed by atoms with van der Waals surface area (Å²) in [5, 5.41) is 10.1. The fourth-order valence-corrected chi connectivity index (χ4v) is 2.44. The lowest BCUT2D eigenvalue weighted by Gasteiger charge is -2.43. The summed E-state index contributed by atoms with van der Waals surface area (Å²) in [4.78, 5) is 33.9. The van der Waals surface area contributed by atoms with Gasteiger partial charge in [-0.05, 0) is 6.42 Å². The molecule has 0 aromatic carbocycles. The fraction of sp³-hybridized carbons (Fsp3) is 0.812. The minimum absolute atomic E-state index is 0.201. The van der Waals surface area contributed by atoms with Gasteiger partial charge >= 0.3 is 17.9 Å². The number of esters is 3. The lowest BCUT2D eigenvalue weighted by atomic mass is 9.98. The summed E-state index contributed by atoms with van der Waals surface area (Å²) in [5.74, 6) is -1.83. The molecule has 1 N–H and O–H groups in total. The molecule has 1 fully saturated rings. The third kappa shape index (κ3) is 6.97. The molecule has 1 unspecified atom stereocenters. The third-order valence-electron chi connectivity index (χ3n) is 3.47. The number of unbranched alkanes of at least 4 members (excludes halogenated alkanes) is 1. The van der Waals surface area contributed by atoms with Crippen molar-refractivity contribution in [3.05, 3.63) is 0 Å². The highest BCUT2D eigenvalue weighted by Gasteiger charge is 2.50. The van der Waals surface area contributed by atoms with E-state index in [9.17, 15) is 19.5 Å². The normalized spacial score (nSPS) is 28.9. The Kier molecular flexibility index (Phi) is 8.81. The number of carbonyl (C=O) groups excluding carboxylic acids is 3. The van der Waals surface area contributed by atoms with E-state index in [2.05, 4.69) is 0 Å². The van der Waals surface area contributed by atoms with Gasteiger partial charge in [0.25, 0.3) is 0 Å². The highest BCUT2D eigenvalue weighted by atomic mass is 16.7. The zero-order valence-corrected chi connectivity index (χ0v) is 14.9. The topological polar surface area (TPSA) is 118 Å². The Balaban J connectivity index is 3.02. The Bertz CT molecular complexity index is 465. The Morgan fingerprint density at radius 3 is 2.08 bits per heavy atom. The van der Waals surface area contributed by atoms with E-state index in [1.54, 1.807) is 0 Å². The molecule has 5 atom stereocenters. The highest BCUT2D eigenvalue weighted by molar-refractivity contribution is 5.67. The van der Waals surface area contributed by atoms with Gasteiger partial charge in [0.05, 0.1) is 0 Å². The number of aliphatic hydroxyl groups is 1. The number of rotatable bonds is 8. The molecular weight excluding hydrogens is 336 g/mol. The second-order valence-corrected chi connectivity index (χ2v) is 5.70. The van der Waals surface area contributed by atoms with Crippen LogP contribution in [0.5, 0.6) is 0 Å². The Morgan fingerprint density at radius 1 is 0.960 bits per heavy atom. The van der Waals surface area contributed by atoms with Crippen LogP contribution in [0.2, 0.25) is 0 Å². The molecule has 9 heteroatoms. The number of carbonyl (C=O) groups is 3. The molecule has 1 aliphatic heterocycles. The van der Waals surface area contributed by atoms with Gasteiger partial charge in [0, 0.05) is 27.4 Å². The Morgan fingerprint density at radius 2 is 1.56 bits per heavy atom. The van der Waals surface area contributed by atoms with E-state index < -0.39 is 48.6 Å². The van der Waals surface area contributed by atoms with Crippen molar-refractivity contribution in [1.82, 2.24) is 0 Å². The van der Waals surface area contributed by atoms with Crippen molar-refractivity contribution in [3.8, 4) is 0 Å². The van der Waals surface area contributed by atoms with Crippen LogP contribution in [0.1, 0.15) is 40.5 Å². The van der Waals surface area contributed by atoms with Crippen molar-refractivity contribution in [2.24, 2.45) is 0 Å². The maximum atomic E-state index is 11.5. The lowest BCUT2D eigenvalue weighted by Crippen LogP contribution is -2.62. The average Bonchev–Trinajstić information content (AvgIpc) is 2.50. The molecule has 0 aromatic heterocycles. The monoisotopic (exact) mass is 362 g/mol. The quantitative estimate of drug-likeness (QED) is 0.370. The third-order valence-corrected chi connectivity index (χ3v) is 3.47. The van der Waals surface area contributed by atoms with Crippen LogP contribution in [-0.2, 0) is 38.1 Å². The van der Waals surface area contributed by atoms with Crippen molar-refractivity contribution in [2.75, 3.05) is 13.2 Å². The smallest absolute Gasteiger partial charge is 0.303 e. The molecule has 1 rings (SSSR count). The molecule has 1 heterocycles. The van der Waals surface area contributed by atoms with Crippen LogP contribution in [0.4, 0.5) is 0 Å². The van der Waals surface area contributed by atoms with Crippen LogP contribution in [0.25, 0.3) is 0 Å². The number of hydrogen-bond donors (Lipinski definition) is 1. The van der Waals surface area contributed by atoms with Crippen molar-refractivity contribution >= 4 is 17.9 Å². The fourth-order valence-electron chi connectivity index (χ4n) is 2.44. The molecule has 0 aliphatic carbocycles. The predicted octanol–water partition coefficient (Wildman–Crippen LogP) is 0.315. The van der Waals surface area contributed by atoms with E-state index in [1.807, 2.05) is 6.92 Å². The maximum Gasteiger partial charge on any atom is 0.303 e. The van der Waals surface area contributed by atoms with Gasteiger partial charge < -0.3 is 28.8 Å². The first-order chi connectivity index (χ1) is 11.8. The molecule has 0 aromatic rings. The second-order valence-electron chi connectivity index (χ2n) is 5.70. The standard InChI is InChI=1S/C16H26O9/c1-5-6-7-21-13-12(8-22-9(2)17)25-16(20)15(24-11(4)19)14(13)23-10(3)18/h12-16,20H,5-8H2,1-4H3/t12-,13-,14+,15+,16?/m1/s1. The van der Waals surface area contributed by atoms with Gasteiger partial charge in [-0.25, -0.2) is 0 Å². The van der Waals surface area contributed by atoms with Crippen LogP contribution in [0.3, 0.4) is 0 Å². The van der Waals surface area contributed by atoms with Gasteiger partial charge in [-0.1, -0.05) is 13.3 Å². The minimum Gasteiger partial charge on any atom is -0.463 e. The van der Waals surface area contributed by atoms with Gasteiger partial charge in [0.1, 0.15) is 18.8 Å². The Hall–Kier alpha value is -1.71. The largest absolute Gasteiger partial charge is 0.463 e. The van der Waals surface area contributed by atoms with E-state index in [1.165, 1.54) is 13.8 Å². The van der Waals surface area contributed by atoms with E-state index in [0.717, 1.165) is 19.8 Å². The molecule has 9 nitrogen and oxygen atoms in total. The van der Waals surface area contributed by atoms with Gasteiger partial charge in [0.15, 0.2) is 18.5 Å². The van der Waals surface area contributed by atoms with Gasteiger partial charge in [-0.3, -0.25) is 14.4 Å². The van der Waals surface area contributed by atoms with E-state index in [0.29, 0.717) is 6.61 Å². The average molecular weight is 362 g/mol. The van der Waals surface area contributed by atoms with E-state index >= 15 is 0 Å². The molecule has 0 saturated carbocycles. The molecule has 1 saturated heterocycles. The van der Waals surface area contributed by atoms with Crippen molar-refractivity contribution < 1.29 is 43.2 Å². The SMILES string of the molecule is CCCCO[C@H]1[C@H](OC(C)=O)[C@H](OC(C)=O)C(O)O[C@@H]1COC(C)=O. The maximum absolute atomic E-state index is 11.5. The zero-order valence-electron chi connectivity index (χ0n) is 14.9. The summed E-state index contributed by atoms with van der Waals surface area (Å²) in [7, 11) is 0.